The molecule has 6 heteroatoms. The van der Waals surface area contributed by atoms with E-state index in [1.807, 2.05) is 40.7 Å². The van der Waals surface area contributed by atoms with E-state index in [1.165, 1.54) is 5.56 Å². The monoisotopic (exact) mass is 458 g/mol. The minimum Gasteiger partial charge on any atom is -0.312 e. The highest BCUT2D eigenvalue weighted by atomic mass is 16.2. The number of fused-ring (bicyclic) bond motifs is 2. The van der Waals surface area contributed by atoms with E-state index < -0.39 is 0 Å². The number of anilines is 1. The van der Waals surface area contributed by atoms with Crippen LogP contribution in [0.5, 0.6) is 0 Å². The third kappa shape index (κ3) is 4.28. The molecule has 5 rings (SSSR count). The molecule has 34 heavy (non-hydrogen) atoms. The number of aryl methyl sites for hydroxylation is 1. The fourth-order valence-electron chi connectivity index (χ4n) is 5.60. The predicted molar refractivity (Wildman–Crippen MR) is 137 cm³/mol. The van der Waals surface area contributed by atoms with Crippen molar-refractivity contribution in [1.82, 2.24) is 14.4 Å². The number of nitrogens with zero attached hydrogens (tertiary/aromatic N) is 4. The second-order valence-corrected chi connectivity index (χ2v) is 9.47. The van der Waals surface area contributed by atoms with Crippen LogP contribution in [-0.2, 0) is 24.3 Å². The Balaban J connectivity index is 1.24. The fraction of sp³-hybridized carbons (Fsp3) is 0.429. The summed E-state index contributed by atoms with van der Waals surface area (Å²) in [5.41, 5.74) is 4.34. The maximum atomic E-state index is 13.2. The number of pyridine rings is 1. The van der Waals surface area contributed by atoms with E-state index in [2.05, 4.69) is 47.1 Å². The molecule has 0 radical (unpaired) electrons. The van der Waals surface area contributed by atoms with Gasteiger partial charge in [-0.1, -0.05) is 36.4 Å². The number of amides is 1. The lowest BCUT2D eigenvalue weighted by Crippen LogP contribution is -2.51. The summed E-state index contributed by atoms with van der Waals surface area (Å²) >= 11 is 0. The molecule has 2 aliphatic rings. The molecule has 1 aromatic heterocycles. The Morgan fingerprint density at radius 2 is 1.56 bits per heavy atom. The number of hydrogen-bond acceptors (Lipinski definition) is 4. The van der Waals surface area contributed by atoms with E-state index in [4.69, 9.17) is 0 Å². The molecule has 0 N–H and O–H groups in total. The lowest BCUT2D eigenvalue weighted by Gasteiger charge is -2.39. The summed E-state index contributed by atoms with van der Waals surface area (Å²) in [5, 5.41) is 1.12. The smallest absolute Gasteiger partial charge is 0.255 e. The zero-order valence-corrected chi connectivity index (χ0v) is 20.2. The van der Waals surface area contributed by atoms with Gasteiger partial charge >= 0.3 is 0 Å². The number of rotatable bonds is 6. The molecule has 2 aliphatic heterocycles. The van der Waals surface area contributed by atoms with Crippen LogP contribution in [0.4, 0.5) is 5.69 Å². The number of carbonyl (C=O) groups is 1. The van der Waals surface area contributed by atoms with Crippen molar-refractivity contribution in [3.8, 4) is 0 Å². The standard InChI is InChI=1S/C28H34N4O2/c1-3-31-25-11-7-5-9-21(25)17-23(27(31)33)19-29-13-15-30(16-14-29)20-24-18-22-10-6-8-12-26(22)32(4-2)28(24)34/h5-12,17,24H,3-4,13-16,18-20H2,1-2H3/t24-/m1/s1. The molecule has 2 aromatic carbocycles. The Labute approximate surface area is 201 Å². The van der Waals surface area contributed by atoms with Gasteiger partial charge < -0.3 is 9.47 Å². The van der Waals surface area contributed by atoms with Crippen LogP contribution >= 0.6 is 0 Å². The van der Waals surface area contributed by atoms with Crippen molar-refractivity contribution >= 4 is 22.5 Å². The zero-order valence-electron chi connectivity index (χ0n) is 20.2. The van der Waals surface area contributed by atoms with Gasteiger partial charge in [0, 0.05) is 63.6 Å². The van der Waals surface area contributed by atoms with Crippen molar-refractivity contribution in [2.45, 2.75) is 33.4 Å². The van der Waals surface area contributed by atoms with Crippen molar-refractivity contribution in [3.05, 3.63) is 76.1 Å². The summed E-state index contributed by atoms with van der Waals surface area (Å²) < 4.78 is 1.88. The molecule has 1 saturated heterocycles. The first kappa shape index (κ1) is 22.8. The SMILES string of the molecule is CCN1C(=O)[C@@H](CN2CCN(Cc3cc4ccccc4n(CC)c3=O)CC2)Cc2ccccc21. The predicted octanol–water partition coefficient (Wildman–Crippen LogP) is 3.36. The number of carbonyl (C=O) groups excluding carboxylic acids is 1. The van der Waals surface area contributed by atoms with Crippen LogP contribution in [0.1, 0.15) is 25.0 Å². The number of para-hydroxylation sites is 2. The molecule has 6 nitrogen and oxygen atoms in total. The maximum absolute atomic E-state index is 13.2. The first-order valence-corrected chi connectivity index (χ1v) is 12.5. The van der Waals surface area contributed by atoms with Crippen LogP contribution in [0.15, 0.2) is 59.4 Å². The Morgan fingerprint density at radius 1 is 0.853 bits per heavy atom. The van der Waals surface area contributed by atoms with Gasteiger partial charge in [-0.05, 0) is 49.4 Å². The Morgan fingerprint density at radius 3 is 2.32 bits per heavy atom. The molecular weight excluding hydrogens is 424 g/mol. The Hall–Kier alpha value is -2.96. The number of piperazine rings is 1. The lowest BCUT2D eigenvalue weighted by molar-refractivity contribution is -0.123. The van der Waals surface area contributed by atoms with Gasteiger partial charge in [0.2, 0.25) is 5.91 Å². The largest absolute Gasteiger partial charge is 0.312 e. The van der Waals surface area contributed by atoms with Gasteiger partial charge in [-0.15, -0.1) is 0 Å². The van der Waals surface area contributed by atoms with Gasteiger partial charge in [-0.3, -0.25) is 19.4 Å². The van der Waals surface area contributed by atoms with Gasteiger partial charge in [-0.2, -0.15) is 0 Å². The van der Waals surface area contributed by atoms with Crippen molar-refractivity contribution in [2.75, 3.05) is 44.2 Å². The quantitative estimate of drug-likeness (QED) is 0.568. The number of hydrogen-bond donors (Lipinski definition) is 0. The van der Waals surface area contributed by atoms with Crippen molar-refractivity contribution in [2.24, 2.45) is 5.92 Å². The van der Waals surface area contributed by atoms with Crippen LogP contribution in [0.3, 0.4) is 0 Å². The summed E-state index contributed by atoms with van der Waals surface area (Å²) in [6, 6.07) is 18.5. The Bertz CT molecular complexity index is 1240. The highest BCUT2D eigenvalue weighted by Gasteiger charge is 2.33. The highest BCUT2D eigenvalue weighted by molar-refractivity contribution is 5.98. The highest BCUT2D eigenvalue weighted by Crippen LogP contribution is 2.31. The second kappa shape index (κ2) is 9.72. The topological polar surface area (TPSA) is 48.8 Å². The zero-order chi connectivity index (χ0) is 23.7. The molecule has 3 heterocycles. The van der Waals surface area contributed by atoms with E-state index in [9.17, 15) is 9.59 Å². The first-order valence-electron chi connectivity index (χ1n) is 12.5. The normalized spacial score (nSPS) is 19.5. The lowest BCUT2D eigenvalue weighted by atomic mass is 9.91. The van der Waals surface area contributed by atoms with Crippen LogP contribution in [-0.4, -0.2) is 59.5 Å². The minimum atomic E-state index is 0.0126. The molecule has 0 spiro atoms. The summed E-state index contributed by atoms with van der Waals surface area (Å²) in [6.07, 6.45) is 0.819. The number of aromatic nitrogens is 1. The summed E-state index contributed by atoms with van der Waals surface area (Å²) in [5.74, 6) is 0.263. The van der Waals surface area contributed by atoms with Crippen molar-refractivity contribution < 1.29 is 4.79 Å². The van der Waals surface area contributed by atoms with E-state index in [0.717, 1.165) is 61.3 Å². The molecule has 0 aliphatic carbocycles. The molecule has 1 atom stereocenters. The van der Waals surface area contributed by atoms with Gasteiger partial charge in [0.25, 0.3) is 5.56 Å². The minimum absolute atomic E-state index is 0.0126. The van der Waals surface area contributed by atoms with Gasteiger partial charge in [0.05, 0.1) is 11.4 Å². The maximum Gasteiger partial charge on any atom is 0.255 e. The summed E-state index contributed by atoms with van der Waals surface area (Å²) in [7, 11) is 0. The van der Waals surface area contributed by atoms with Crippen molar-refractivity contribution in [3.63, 3.8) is 0 Å². The Kier molecular flexibility index (Phi) is 6.53. The third-order valence-corrected chi connectivity index (χ3v) is 7.41. The molecule has 1 fully saturated rings. The summed E-state index contributed by atoms with van der Waals surface area (Å²) in [6.45, 7) is 10.6. The number of benzene rings is 2. The van der Waals surface area contributed by atoms with Crippen LogP contribution in [0.2, 0.25) is 0 Å². The van der Waals surface area contributed by atoms with E-state index in [-0.39, 0.29) is 17.4 Å². The van der Waals surface area contributed by atoms with Crippen LogP contribution in [0.25, 0.3) is 10.9 Å². The average Bonchev–Trinajstić information content (AvgIpc) is 2.86. The van der Waals surface area contributed by atoms with E-state index in [0.29, 0.717) is 19.6 Å². The first-order chi connectivity index (χ1) is 16.6. The molecule has 0 bridgehead atoms. The van der Waals surface area contributed by atoms with E-state index >= 15 is 0 Å². The van der Waals surface area contributed by atoms with E-state index in [1.54, 1.807) is 0 Å². The third-order valence-electron chi connectivity index (χ3n) is 7.41. The molecule has 3 aromatic rings. The molecule has 0 unspecified atom stereocenters. The molecule has 1 amide bonds. The van der Waals surface area contributed by atoms with Crippen LogP contribution < -0.4 is 10.5 Å². The second-order valence-electron chi connectivity index (χ2n) is 9.47. The van der Waals surface area contributed by atoms with Gasteiger partial charge in [0.15, 0.2) is 0 Å². The van der Waals surface area contributed by atoms with Gasteiger partial charge in [-0.25, -0.2) is 0 Å². The fourth-order valence-corrected chi connectivity index (χ4v) is 5.60. The molecule has 178 valence electrons. The summed E-state index contributed by atoms with van der Waals surface area (Å²) in [4.78, 5) is 33.0. The average molecular weight is 459 g/mol. The van der Waals surface area contributed by atoms with Crippen LogP contribution in [0, 0.1) is 5.92 Å². The molecular formula is C28H34N4O2. The van der Waals surface area contributed by atoms with Gasteiger partial charge in [0.1, 0.15) is 0 Å². The molecule has 0 saturated carbocycles. The van der Waals surface area contributed by atoms with Crippen molar-refractivity contribution in [1.29, 1.82) is 0 Å².